The van der Waals surface area contributed by atoms with E-state index in [4.69, 9.17) is 0 Å². The number of hydrogen-bond donors (Lipinski definition) is 3. The number of aliphatic carboxylic acids is 1. The van der Waals surface area contributed by atoms with Gasteiger partial charge in [0.1, 0.15) is 0 Å². The zero-order chi connectivity index (χ0) is 15.0. The van der Waals surface area contributed by atoms with Gasteiger partial charge < -0.3 is 15.5 Å². The number of allylic oxidation sites excluding steroid dienone is 2. The van der Waals surface area contributed by atoms with Crippen LogP contribution in [0.15, 0.2) is 36.4 Å². The summed E-state index contributed by atoms with van der Waals surface area (Å²) in [7, 11) is 0. The molecule has 1 saturated carbocycles. The standard InChI is InChI=1S/C16H17NO4/c18-8-11-3-1-2-4-12(11)17-15(19)13-9-5-6-10(7-9)14(13)16(20)21/h1-6,9-10,13-14,18H,7-8H2,(H,17,19)(H,20,21)/t9?,10?,13-,14+/m0/s1. The minimum absolute atomic E-state index is 0.00242. The van der Waals surface area contributed by atoms with E-state index in [0.717, 1.165) is 6.42 Å². The number of carboxylic acid groups (broad SMARTS) is 1. The zero-order valence-corrected chi connectivity index (χ0v) is 11.4. The van der Waals surface area contributed by atoms with E-state index in [9.17, 15) is 19.8 Å². The van der Waals surface area contributed by atoms with Gasteiger partial charge in [0.25, 0.3) is 0 Å². The summed E-state index contributed by atoms with van der Waals surface area (Å²) in [6.07, 6.45) is 4.60. The predicted octanol–water partition coefficient (Wildman–Crippen LogP) is 1.64. The highest BCUT2D eigenvalue weighted by molar-refractivity contribution is 5.96. The lowest BCUT2D eigenvalue weighted by atomic mass is 9.82. The topological polar surface area (TPSA) is 86.6 Å². The fourth-order valence-corrected chi connectivity index (χ4v) is 3.51. The molecule has 4 atom stereocenters. The first-order valence-corrected chi connectivity index (χ1v) is 7.02. The lowest BCUT2D eigenvalue weighted by Gasteiger charge is -2.24. The molecule has 0 aliphatic heterocycles. The van der Waals surface area contributed by atoms with E-state index in [1.165, 1.54) is 0 Å². The number of fused-ring (bicyclic) bond motifs is 2. The largest absolute Gasteiger partial charge is 0.481 e. The second-order valence-electron chi connectivity index (χ2n) is 5.64. The van der Waals surface area contributed by atoms with Crippen molar-refractivity contribution in [1.29, 1.82) is 0 Å². The first-order chi connectivity index (χ1) is 10.1. The van der Waals surface area contributed by atoms with E-state index in [2.05, 4.69) is 5.32 Å². The van der Waals surface area contributed by atoms with E-state index in [1.807, 2.05) is 12.2 Å². The van der Waals surface area contributed by atoms with Gasteiger partial charge in [-0.25, -0.2) is 0 Å². The molecule has 1 aromatic carbocycles. The summed E-state index contributed by atoms with van der Waals surface area (Å²) in [5, 5.41) is 21.4. The molecule has 2 aliphatic rings. The minimum atomic E-state index is -0.914. The highest BCUT2D eigenvalue weighted by Gasteiger charge is 2.51. The van der Waals surface area contributed by atoms with Crippen molar-refractivity contribution in [3.8, 4) is 0 Å². The van der Waals surface area contributed by atoms with Crippen LogP contribution in [0.2, 0.25) is 0 Å². The Kier molecular flexibility index (Phi) is 3.51. The molecule has 21 heavy (non-hydrogen) atoms. The van der Waals surface area contributed by atoms with Gasteiger partial charge in [-0.3, -0.25) is 9.59 Å². The first-order valence-electron chi connectivity index (χ1n) is 7.02. The summed E-state index contributed by atoms with van der Waals surface area (Å²) in [5.41, 5.74) is 1.16. The number of nitrogens with one attached hydrogen (secondary N) is 1. The highest BCUT2D eigenvalue weighted by atomic mass is 16.4. The normalized spacial score (nSPS) is 29.6. The molecule has 1 fully saturated rings. The molecule has 3 N–H and O–H groups in total. The fourth-order valence-electron chi connectivity index (χ4n) is 3.51. The third-order valence-electron chi connectivity index (χ3n) is 4.49. The van der Waals surface area contributed by atoms with Crippen molar-refractivity contribution in [3.63, 3.8) is 0 Å². The van der Waals surface area contributed by atoms with Crippen LogP contribution < -0.4 is 5.32 Å². The monoisotopic (exact) mass is 287 g/mol. The molecule has 0 heterocycles. The van der Waals surface area contributed by atoms with Crippen LogP contribution in [-0.2, 0) is 16.2 Å². The second-order valence-corrected chi connectivity index (χ2v) is 5.64. The number of aliphatic hydroxyl groups excluding tert-OH is 1. The minimum Gasteiger partial charge on any atom is -0.481 e. The van der Waals surface area contributed by atoms with Crippen molar-refractivity contribution >= 4 is 17.6 Å². The molecule has 0 spiro atoms. The van der Waals surface area contributed by atoms with Crippen LogP contribution in [0.5, 0.6) is 0 Å². The van der Waals surface area contributed by atoms with Gasteiger partial charge in [-0.05, 0) is 24.3 Å². The Labute approximate surface area is 122 Å². The molecule has 0 saturated heterocycles. The van der Waals surface area contributed by atoms with Crippen molar-refractivity contribution < 1.29 is 19.8 Å². The van der Waals surface area contributed by atoms with Crippen LogP contribution in [0.1, 0.15) is 12.0 Å². The lowest BCUT2D eigenvalue weighted by Crippen LogP contribution is -2.36. The maximum Gasteiger partial charge on any atom is 0.307 e. The van der Waals surface area contributed by atoms with Crippen LogP contribution in [-0.4, -0.2) is 22.1 Å². The Morgan fingerprint density at radius 1 is 1.14 bits per heavy atom. The number of carbonyl (C=O) groups excluding carboxylic acids is 1. The molecule has 5 nitrogen and oxygen atoms in total. The molecule has 1 amide bonds. The molecule has 3 rings (SSSR count). The van der Waals surface area contributed by atoms with E-state index < -0.39 is 17.8 Å². The first kappa shape index (κ1) is 13.8. The summed E-state index contributed by atoms with van der Waals surface area (Å²) >= 11 is 0. The van der Waals surface area contributed by atoms with Crippen LogP contribution in [0.3, 0.4) is 0 Å². The number of carboxylic acids is 1. The maximum absolute atomic E-state index is 12.5. The SMILES string of the molecule is O=C(O)[C@@H]1C2C=CC(C2)[C@@H]1C(=O)Nc1ccccc1CO. The van der Waals surface area contributed by atoms with Crippen molar-refractivity contribution in [2.45, 2.75) is 13.0 Å². The van der Waals surface area contributed by atoms with Gasteiger partial charge in [-0.15, -0.1) is 0 Å². The van der Waals surface area contributed by atoms with Crippen LogP contribution in [0.25, 0.3) is 0 Å². The summed E-state index contributed by atoms with van der Waals surface area (Å²) in [6, 6.07) is 6.99. The van der Waals surface area contributed by atoms with Gasteiger partial charge in [-0.1, -0.05) is 30.4 Å². The Morgan fingerprint density at radius 3 is 2.48 bits per heavy atom. The van der Waals surface area contributed by atoms with E-state index in [1.54, 1.807) is 24.3 Å². The molecule has 2 aliphatic carbocycles. The fraction of sp³-hybridized carbons (Fsp3) is 0.375. The number of carbonyl (C=O) groups is 2. The quantitative estimate of drug-likeness (QED) is 0.735. The Balaban J connectivity index is 1.82. The average molecular weight is 287 g/mol. The number of para-hydroxylation sites is 1. The van der Waals surface area contributed by atoms with Gasteiger partial charge in [-0.2, -0.15) is 0 Å². The maximum atomic E-state index is 12.5. The number of benzene rings is 1. The molecule has 0 aromatic heterocycles. The molecular weight excluding hydrogens is 270 g/mol. The van der Waals surface area contributed by atoms with E-state index in [0.29, 0.717) is 11.3 Å². The lowest BCUT2D eigenvalue weighted by molar-refractivity contribution is -0.146. The average Bonchev–Trinajstić information content (AvgIpc) is 3.08. The van der Waals surface area contributed by atoms with Crippen molar-refractivity contribution in [1.82, 2.24) is 0 Å². The number of rotatable bonds is 4. The highest BCUT2D eigenvalue weighted by Crippen LogP contribution is 2.48. The predicted molar refractivity (Wildman–Crippen MR) is 76.3 cm³/mol. The second kappa shape index (κ2) is 5.33. The Hall–Kier alpha value is -2.14. The van der Waals surface area contributed by atoms with Gasteiger partial charge in [0.05, 0.1) is 18.4 Å². The molecule has 1 aromatic rings. The van der Waals surface area contributed by atoms with Crippen molar-refractivity contribution in [2.24, 2.45) is 23.7 Å². The number of amides is 1. The number of hydrogen-bond acceptors (Lipinski definition) is 3. The molecule has 2 bridgehead atoms. The summed E-state index contributed by atoms with van der Waals surface area (Å²) in [6.45, 7) is -0.171. The van der Waals surface area contributed by atoms with Crippen molar-refractivity contribution in [2.75, 3.05) is 5.32 Å². The van der Waals surface area contributed by atoms with Gasteiger partial charge >= 0.3 is 5.97 Å². The molecule has 2 unspecified atom stereocenters. The summed E-state index contributed by atoms with van der Waals surface area (Å²) in [5.74, 6) is -2.43. The third kappa shape index (κ3) is 2.34. The van der Waals surface area contributed by atoms with Gasteiger partial charge in [0.2, 0.25) is 5.91 Å². The van der Waals surface area contributed by atoms with Crippen molar-refractivity contribution in [3.05, 3.63) is 42.0 Å². The smallest absolute Gasteiger partial charge is 0.307 e. The van der Waals surface area contributed by atoms with Crippen LogP contribution in [0, 0.1) is 23.7 Å². The summed E-state index contributed by atoms with van der Waals surface area (Å²) in [4.78, 5) is 23.9. The zero-order valence-electron chi connectivity index (χ0n) is 11.4. The van der Waals surface area contributed by atoms with Gasteiger partial charge in [0.15, 0.2) is 0 Å². The van der Waals surface area contributed by atoms with E-state index in [-0.39, 0.29) is 24.3 Å². The Morgan fingerprint density at radius 2 is 1.81 bits per heavy atom. The van der Waals surface area contributed by atoms with Gasteiger partial charge in [0, 0.05) is 11.3 Å². The Bertz CT molecular complexity index is 610. The van der Waals surface area contributed by atoms with Crippen LogP contribution in [0.4, 0.5) is 5.69 Å². The molecule has 0 radical (unpaired) electrons. The summed E-state index contributed by atoms with van der Waals surface area (Å²) < 4.78 is 0. The number of aliphatic hydroxyl groups is 1. The molecular formula is C16H17NO4. The van der Waals surface area contributed by atoms with E-state index >= 15 is 0 Å². The molecule has 110 valence electrons. The van der Waals surface area contributed by atoms with Crippen LogP contribution >= 0.6 is 0 Å². The molecule has 5 heteroatoms. The number of anilines is 1. The third-order valence-corrected chi connectivity index (χ3v) is 4.49.